The number of carbonyl (C=O) groups is 1. The van der Waals surface area contributed by atoms with E-state index in [0.717, 1.165) is 27.7 Å². The molecule has 0 N–H and O–H groups in total. The Bertz CT molecular complexity index is 607. The Morgan fingerprint density at radius 1 is 1.12 bits per heavy atom. The number of benzene rings is 1. The van der Waals surface area contributed by atoms with E-state index >= 15 is 0 Å². The molecule has 0 unspecified atom stereocenters. The third-order valence-electron chi connectivity index (χ3n) is 3.05. The average molecular weight is 288 g/mol. The minimum absolute atomic E-state index is 0.181. The molecule has 0 atom stereocenters. The predicted molar refractivity (Wildman–Crippen MR) is 70.0 cm³/mol. The smallest absolute Gasteiger partial charge is 0.165 e. The topological polar surface area (TPSA) is 30.0 Å². The molecule has 1 aliphatic rings. The van der Waals surface area contributed by atoms with Crippen molar-refractivity contribution in [2.24, 2.45) is 0 Å². The molecule has 84 valence electrons. The van der Waals surface area contributed by atoms with Gasteiger partial charge in [0.15, 0.2) is 5.78 Å². The highest BCUT2D eigenvalue weighted by Crippen LogP contribution is 2.32. The summed E-state index contributed by atoms with van der Waals surface area (Å²) in [4.78, 5) is 16.4. The van der Waals surface area contributed by atoms with Gasteiger partial charge in [0.2, 0.25) is 0 Å². The number of pyridine rings is 1. The Labute approximate surface area is 108 Å². The molecule has 0 amide bonds. The number of aromatic nitrogens is 1. The van der Waals surface area contributed by atoms with Gasteiger partial charge in [0.1, 0.15) is 0 Å². The molecule has 2 aromatic rings. The first kappa shape index (κ1) is 10.7. The molecule has 3 heteroatoms. The second-order valence-electron chi connectivity index (χ2n) is 4.12. The second-order valence-corrected chi connectivity index (χ2v) is 5.04. The summed E-state index contributed by atoms with van der Waals surface area (Å²) in [6.45, 7) is 0. The van der Waals surface area contributed by atoms with E-state index in [9.17, 15) is 4.79 Å². The molecule has 2 nitrogen and oxygen atoms in total. The number of ketones is 1. The van der Waals surface area contributed by atoms with Gasteiger partial charge in [0.25, 0.3) is 0 Å². The molecule has 0 fully saturated rings. The van der Waals surface area contributed by atoms with Crippen molar-refractivity contribution in [2.75, 3.05) is 0 Å². The van der Waals surface area contributed by atoms with Crippen LogP contribution in [0.25, 0.3) is 11.3 Å². The van der Waals surface area contributed by atoms with Gasteiger partial charge in [-0.25, -0.2) is 0 Å². The van der Waals surface area contributed by atoms with Crippen LogP contribution in [0.1, 0.15) is 22.3 Å². The van der Waals surface area contributed by atoms with Crippen molar-refractivity contribution < 1.29 is 4.79 Å². The lowest BCUT2D eigenvalue weighted by atomic mass is 10.0. The Morgan fingerprint density at radius 2 is 2.00 bits per heavy atom. The summed E-state index contributed by atoms with van der Waals surface area (Å²) in [7, 11) is 0. The number of nitrogens with zero attached hydrogens (tertiary/aromatic N) is 1. The molecule has 1 aromatic carbocycles. The number of aryl methyl sites for hydroxylation is 1. The molecule has 0 bridgehead atoms. The van der Waals surface area contributed by atoms with E-state index in [1.54, 1.807) is 6.20 Å². The van der Waals surface area contributed by atoms with Crippen LogP contribution in [0.5, 0.6) is 0 Å². The Kier molecular flexibility index (Phi) is 2.56. The summed E-state index contributed by atoms with van der Waals surface area (Å²) in [6.07, 6.45) is 3.08. The largest absolute Gasteiger partial charge is 0.294 e. The summed E-state index contributed by atoms with van der Waals surface area (Å²) in [6, 6.07) is 9.78. The van der Waals surface area contributed by atoms with Crippen LogP contribution in [-0.4, -0.2) is 10.8 Å². The van der Waals surface area contributed by atoms with Crippen LogP contribution in [0.3, 0.4) is 0 Å². The zero-order chi connectivity index (χ0) is 11.8. The van der Waals surface area contributed by atoms with Crippen molar-refractivity contribution in [3.63, 3.8) is 0 Å². The first-order valence-corrected chi connectivity index (χ1v) is 6.32. The van der Waals surface area contributed by atoms with E-state index < -0.39 is 0 Å². The van der Waals surface area contributed by atoms with Crippen molar-refractivity contribution in [1.82, 2.24) is 4.98 Å². The van der Waals surface area contributed by atoms with E-state index in [0.29, 0.717) is 6.42 Å². The van der Waals surface area contributed by atoms with E-state index in [4.69, 9.17) is 0 Å². The van der Waals surface area contributed by atoms with Crippen LogP contribution < -0.4 is 0 Å². The van der Waals surface area contributed by atoms with Gasteiger partial charge in [-0.05, 0) is 36.2 Å². The molecule has 0 radical (unpaired) electrons. The lowest BCUT2D eigenvalue weighted by Gasteiger charge is -2.07. The fourth-order valence-electron chi connectivity index (χ4n) is 2.23. The molecular weight excluding hydrogens is 278 g/mol. The van der Waals surface area contributed by atoms with Gasteiger partial charge in [-0.3, -0.25) is 9.78 Å². The van der Waals surface area contributed by atoms with Gasteiger partial charge in [-0.15, -0.1) is 0 Å². The Balaban J connectivity index is 2.30. The first-order valence-electron chi connectivity index (χ1n) is 5.53. The molecule has 1 aromatic heterocycles. The van der Waals surface area contributed by atoms with Gasteiger partial charge in [0, 0.05) is 28.2 Å². The van der Waals surface area contributed by atoms with Crippen LogP contribution in [0.4, 0.5) is 0 Å². The maximum atomic E-state index is 12.0. The normalized spacial score (nSPS) is 13.8. The van der Waals surface area contributed by atoms with E-state index in [2.05, 4.69) is 27.0 Å². The minimum Gasteiger partial charge on any atom is -0.294 e. The SMILES string of the molecule is O=C1CCc2cc(Br)ccc2-c2ncccc21. The van der Waals surface area contributed by atoms with Crippen LogP contribution in [-0.2, 0) is 6.42 Å². The van der Waals surface area contributed by atoms with Crippen LogP contribution >= 0.6 is 15.9 Å². The minimum atomic E-state index is 0.181. The van der Waals surface area contributed by atoms with Gasteiger partial charge >= 0.3 is 0 Å². The molecule has 3 rings (SSSR count). The molecule has 0 aliphatic heterocycles. The summed E-state index contributed by atoms with van der Waals surface area (Å²) in [5.41, 5.74) is 3.82. The number of hydrogen-bond acceptors (Lipinski definition) is 2. The maximum Gasteiger partial charge on any atom is 0.165 e. The number of halogens is 1. The Morgan fingerprint density at radius 3 is 2.88 bits per heavy atom. The van der Waals surface area contributed by atoms with Gasteiger partial charge in [0.05, 0.1) is 5.69 Å². The molecular formula is C14H10BrNO. The van der Waals surface area contributed by atoms with Crippen LogP contribution in [0, 0.1) is 0 Å². The average Bonchev–Trinajstić information content (AvgIpc) is 2.48. The van der Waals surface area contributed by atoms with Crippen molar-refractivity contribution in [3.8, 4) is 11.3 Å². The fraction of sp³-hybridized carbons (Fsp3) is 0.143. The highest BCUT2D eigenvalue weighted by Gasteiger charge is 2.20. The summed E-state index contributed by atoms with van der Waals surface area (Å²) >= 11 is 3.47. The predicted octanol–water partition coefficient (Wildman–Crippen LogP) is 3.64. The monoisotopic (exact) mass is 287 g/mol. The van der Waals surface area contributed by atoms with E-state index in [-0.39, 0.29) is 5.78 Å². The van der Waals surface area contributed by atoms with Gasteiger partial charge in [-0.2, -0.15) is 0 Å². The molecule has 1 heterocycles. The van der Waals surface area contributed by atoms with Crippen molar-refractivity contribution in [3.05, 3.63) is 52.1 Å². The lowest BCUT2D eigenvalue weighted by molar-refractivity contribution is 0.0984. The second kappa shape index (κ2) is 4.08. The third-order valence-corrected chi connectivity index (χ3v) is 3.55. The number of fused-ring (bicyclic) bond motifs is 3. The zero-order valence-corrected chi connectivity index (χ0v) is 10.7. The van der Waals surface area contributed by atoms with Crippen molar-refractivity contribution in [2.45, 2.75) is 12.8 Å². The lowest BCUT2D eigenvalue weighted by Crippen LogP contribution is -2.00. The molecule has 1 aliphatic carbocycles. The maximum absolute atomic E-state index is 12.0. The highest BCUT2D eigenvalue weighted by molar-refractivity contribution is 9.10. The number of rotatable bonds is 0. The summed E-state index contributed by atoms with van der Waals surface area (Å²) < 4.78 is 1.04. The van der Waals surface area contributed by atoms with Crippen LogP contribution in [0.2, 0.25) is 0 Å². The first-order chi connectivity index (χ1) is 8.25. The highest BCUT2D eigenvalue weighted by atomic mass is 79.9. The van der Waals surface area contributed by atoms with Gasteiger partial charge < -0.3 is 0 Å². The van der Waals surface area contributed by atoms with E-state index in [1.165, 1.54) is 5.56 Å². The quantitative estimate of drug-likeness (QED) is 0.740. The third kappa shape index (κ3) is 1.80. The zero-order valence-electron chi connectivity index (χ0n) is 9.11. The van der Waals surface area contributed by atoms with Crippen LogP contribution in [0.15, 0.2) is 41.0 Å². The standard InChI is InChI=1S/C14H10BrNO/c15-10-4-5-11-9(8-10)3-6-13(17)12-2-1-7-16-14(11)12/h1-2,4-5,7-8H,3,6H2. The molecule has 0 spiro atoms. The number of carbonyl (C=O) groups excluding carboxylic acids is 1. The summed E-state index contributed by atoms with van der Waals surface area (Å²) in [5, 5.41) is 0. The van der Waals surface area contributed by atoms with Crippen molar-refractivity contribution >= 4 is 21.7 Å². The molecule has 0 saturated heterocycles. The number of Topliss-reactive ketones (excluding diaryl/α,β-unsaturated/α-hetero) is 1. The van der Waals surface area contributed by atoms with Crippen molar-refractivity contribution in [1.29, 1.82) is 0 Å². The Hall–Kier alpha value is -1.48. The van der Waals surface area contributed by atoms with E-state index in [1.807, 2.05) is 24.3 Å². The van der Waals surface area contributed by atoms with Gasteiger partial charge in [-0.1, -0.05) is 22.0 Å². The molecule has 0 saturated carbocycles. The fourth-order valence-corrected chi connectivity index (χ4v) is 2.64. The number of hydrogen-bond donors (Lipinski definition) is 0. The molecule has 17 heavy (non-hydrogen) atoms. The summed E-state index contributed by atoms with van der Waals surface area (Å²) in [5.74, 6) is 0.181.